The Bertz CT molecular complexity index is 661. The number of aliphatic imine (C=N–C) groups is 1. The Morgan fingerprint density at radius 3 is 2.58 bits per heavy atom. The van der Waals surface area contributed by atoms with E-state index in [-0.39, 0.29) is 5.75 Å². The normalized spacial score (nSPS) is 11.2. The molecule has 0 aliphatic rings. The highest BCUT2D eigenvalue weighted by molar-refractivity contribution is 14.1. The lowest BCUT2D eigenvalue weighted by Crippen LogP contribution is -1.86. The van der Waals surface area contributed by atoms with Gasteiger partial charge in [0, 0.05) is 16.3 Å². The Labute approximate surface area is 142 Å². The fourth-order valence-electron chi connectivity index (χ4n) is 1.39. The van der Waals surface area contributed by atoms with Crippen LogP contribution in [0.4, 0.5) is 5.69 Å². The van der Waals surface area contributed by atoms with Gasteiger partial charge in [-0.1, -0.05) is 39.1 Å². The van der Waals surface area contributed by atoms with Crippen LogP contribution in [0.5, 0.6) is 5.75 Å². The van der Waals surface area contributed by atoms with Gasteiger partial charge in [-0.15, -0.1) is 0 Å². The summed E-state index contributed by atoms with van der Waals surface area (Å²) in [5.41, 5.74) is 1.30. The third-order valence-electron chi connectivity index (χ3n) is 2.31. The summed E-state index contributed by atoms with van der Waals surface area (Å²) in [5.74, 6) is 0.201. The van der Waals surface area contributed by atoms with Gasteiger partial charge in [-0.2, -0.15) is 0 Å². The second-order valence-corrected chi connectivity index (χ2v) is 6.57. The Morgan fingerprint density at radius 1 is 1.16 bits per heavy atom. The zero-order valence-corrected chi connectivity index (χ0v) is 14.6. The van der Waals surface area contributed by atoms with Crippen molar-refractivity contribution in [3.63, 3.8) is 0 Å². The first kappa shape index (κ1) is 15.1. The molecule has 0 radical (unpaired) electrons. The molecule has 0 saturated heterocycles. The lowest BCUT2D eigenvalue weighted by atomic mass is 10.2. The molecule has 0 fully saturated rings. The quantitative estimate of drug-likeness (QED) is 0.435. The molecule has 0 saturated carbocycles. The molecule has 2 aromatic carbocycles. The van der Waals surface area contributed by atoms with Crippen LogP contribution < -0.4 is 0 Å². The van der Waals surface area contributed by atoms with Crippen molar-refractivity contribution < 1.29 is 5.11 Å². The third-order valence-corrected chi connectivity index (χ3v) is 4.33. The molecule has 98 valence electrons. The minimum absolute atomic E-state index is 0.201. The summed E-state index contributed by atoms with van der Waals surface area (Å²) >= 11 is 17.2. The van der Waals surface area contributed by atoms with Crippen molar-refractivity contribution in [2.24, 2.45) is 4.99 Å². The molecule has 19 heavy (non-hydrogen) atoms. The zero-order valence-electron chi connectivity index (χ0n) is 9.37. The maximum atomic E-state index is 9.93. The van der Waals surface area contributed by atoms with E-state index in [2.05, 4.69) is 43.5 Å². The number of hydrogen-bond acceptors (Lipinski definition) is 2. The number of halogens is 4. The number of aromatic hydroxyl groups is 1. The maximum Gasteiger partial charge on any atom is 0.137 e. The van der Waals surface area contributed by atoms with Crippen LogP contribution >= 0.6 is 61.7 Å². The van der Waals surface area contributed by atoms with E-state index in [1.807, 2.05) is 6.07 Å². The second-order valence-electron chi connectivity index (χ2n) is 3.68. The lowest BCUT2D eigenvalue weighted by Gasteiger charge is -2.03. The van der Waals surface area contributed by atoms with Gasteiger partial charge < -0.3 is 5.11 Å². The highest BCUT2D eigenvalue weighted by Gasteiger charge is 2.05. The molecule has 0 spiro atoms. The number of phenols is 1. The minimum atomic E-state index is 0.201. The van der Waals surface area contributed by atoms with E-state index in [4.69, 9.17) is 23.2 Å². The molecule has 0 atom stereocenters. The molecule has 0 unspecified atom stereocenters. The van der Waals surface area contributed by atoms with E-state index < -0.39 is 0 Å². The standard InChI is InChI=1S/C13H7BrCl2INO/c14-8-3-7(13(19)12(17)4-8)6-18-9-1-2-10(15)11(16)5-9/h1-6,19H. The van der Waals surface area contributed by atoms with E-state index >= 15 is 0 Å². The summed E-state index contributed by atoms with van der Waals surface area (Å²) in [4.78, 5) is 4.27. The molecule has 0 heterocycles. The van der Waals surface area contributed by atoms with Crippen LogP contribution in [0.1, 0.15) is 5.56 Å². The number of phenolic OH excluding ortho intramolecular Hbond substituents is 1. The van der Waals surface area contributed by atoms with E-state index in [1.54, 1.807) is 30.5 Å². The molecular weight excluding hydrogens is 464 g/mol. The monoisotopic (exact) mass is 469 g/mol. The van der Waals surface area contributed by atoms with E-state index in [0.717, 1.165) is 8.04 Å². The summed E-state index contributed by atoms with van der Waals surface area (Å²) in [6.45, 7) is 0. The number of nitrogens with zero attached hydrogens (tertiary/aromatic N) is 1. The first-order chi connectivity index (χ1) is 8.97. The fraction of sp³-hybridized carbons (Fsp3) is 0. The van der Waals surface area contributed by atoms with Gasteiger partial charge in [0.1, 0.15) is 5.75 Å². The number of benzene rings is 2. The molecule has 0 amide bonds. The molecule has 0 aliphatic heterocycles. The lowest BCUT2D eigenvalue weighted by molar-refractivity contribution is 0.470. The minimum Gasteiger partial charge on any atom is -0.506 e. The smallest absolute Gasteiger partial charge is 0.137 e. The van der Waals surface area contributed by atoms with Crippen molar-refractivity contribution in [1.82, 2.24) is 0 Å². The average molecular weight is 471 g/mol. The van der Waals surface area contributed by atoms with Crippen LogP contribution in [0.2, 0.25) is 10.0 Å². The van der Waals surface area contributed by atoms with Gasteiger partial charge in [0.2, 0.25) is 0 Å². The van der Waals surface area contributed by atoms with Crippen LogP contribution in [0.25, 0.3) is 0 Å². The SMILES string of the molecule is Oc1c(I)cc(Br)cc1C=Nc1ccc(Cl)c(Cl)c1. The molecule has 2 rings (SSSR count). The van der Waals surface area contributed by atoms with Crippen LogP contribution in [0.3, 0.4) is 0 Å². The first-order valence-electron chi connectivity index (χ1n) is 5.14. The van der Waals surface area contributed by atoms with E-state index in [0.29, 0.717) is 21.3 Å². The number of rotatable bonds is 2. The highest BCUT2D eigenvalue weighted by atomic mass is 127. The van der Waals surface area contributed by atoms with Crippen molar-refractivity contribution in [3.8, 4) is 5.75 Å². The molecule has 0 bridgehead atoms. The van der Waals surface area contributed by atoms with Gasteiger partial charge in [-0.3, -0.25) is 4.99 Å². The summed E-state index contributed by atoms with van der Waals surface area (Å²) < 4.78 is 1.63. The first-order valence-corrected chi connectivity index (χ1v) is 7.77. The number of hydrogen-bond donors (Lipinski definition) is 1. The molecule has 0 aromatic heterocycles. The van der Waals surface area contributed by atoms with Crippen LogP contribution in [-0.2, 0) is 0 Å². The Hall–Kier alpha value is -0.300. The third kappa shape index (κ3) is 3.84. The summed E-state index contributed by atoms with van der Waals surface area (Å²) in [7, 11) is 0. The Balaban J connectivity index is 2.35. The molecule has 6 heteroatoms. The second kappa shape index (κ2) is 6.43. The maximum absolute atomic E-state index is 9.93. The molecule has 2 nitrogen and oxygen atoms in total. The summed E-state index contributed by atoms with van der Waals surface area (Å²) in [5, 5.41) is 10.9. The van der Waals surface area contributed by atoms with E-state index in [9.17, 15) is 5.11 Å². The van der Waals surface area contributed by atoms with Crippen molar-refractivity contribution in [3.05, 3.63) is 54.0 Å². The van der Waals surface area contributed by atoms with Gasteiger partial charge in [-0.25, -0.2) is 0 Å². The van der Waals surface area contributed by atoms with Gasteiger partial charge >= 0.3 is 0 Å². The molecule has 1 N–H and O–H groups in total. The van der Waals surface area contributed by atoms with E-state index in [1.165, 1.54) is 0 Å². The highest BCUT2D eigenvalue weighted by Crippen LogP contribution is 2.29. The molecular formula is C13H7BrCl2INO. The van der Waals surface area contributed by atoms with Crippen molar-refractivity contribution >= 4 is 73.6 Å². The van der Waals surface area contributed by atoms with Gasteiger partial charge in [-0.05, 0) is 52.9 Å². The van der Waals surface area contributed by atoms with Crippen molar-refractivity contribution in [1.29, 1.82) is 0 Å². The predicted octanol–water partition coefficient (Wildman–Crippen LogP) is 5.82. The van der Waals surface area contributed by atoms with Gasteiger partial charge in [0.25, 0.3) is 0 Å². The van der Waals surface area contributed by atoms with Crippen molar-refractivity contribution in [2.45, 2.75) is 0 Å². The average Bonchev–Trinajstić information content (AvgIpc) is 2.36. The largest absolute Gasteiger partial charge is 0.506 e. The van der Waals surface area contributed by atoms with Crippen LogP contribution in [0, 0.1) is 3.57 Å². The summed E-state index contributed by atoms with van der Waals surface area (Å²) in [6.07, 6.45) is 1.59. The van der Waals surface area contributed by atoms with Crippen LogP contribution in [-0.4, -0.2) is 11.3 Å². The van der Waals surface area contributed by atoms with Crippen LogP contribution in [0.15, 0.2) is 39.8 Å². The summed E-state index contributed by atoms with van der Waals surface area (Å²) in [6, 6.07) is 8.72. The molecule has 0 aliphatic carbocycles. The topological polar surface area (TPSA) is 32.6 Å². The van der Waals surface area contributed by atoms with Gasteiger partial charge in [0.05, 0.1) is 19.3 Å². The molecule has 2 aromatic rings. The van der Waals surface area contributed by atoms with Gasteiger partial charge in [0.15, 0.2) is 0 Å². The Kier molecular flexibility index (Phi) is 5.11. The zero-order chi connectivity index (χ0) is 14.0. The van der Waals surface area contributed by atoms with Crippen molar-refractivity contribution in [2.75, 3.05) is 0 Å². The predicted molar refractivity (Wildman–Crippen MR) is 92.2 cm³/mol. The fourth-order valence-corrected chi connectivity index (χ4v) is 3.24. The Morgan fingerprint density at radius 2 is 1.89 bits per heavy atom.